The van der Waals surface area contributed by atoms with E-state index in [0.717, 1.165) is 58.7 Å². The van der Waals surface area contributed by atoms with Crippen LogP contribution in [0.5, 0.6) is 0 Å². The average molecular weight is 269 g/mol. The second-order valence-corrected chi connectivity index (χ2v) is 5.81. The second-order valence-electron chi connectivity index (χ2n) is 5.81. The summed E-state index contributed by atoms with van der Waals surface area (Å²) in [5.74, 6) is 0.285. The SMILES string of the molecule is CC(N)CCC(=O)N1CCCC1CN1CCOCC1. The minimum absolute atomic E-state index is 0.115. The van der Waals surface area contributed by atoms with Crippen molar-refractivity contribution in [1.29, 1.82) is 0 Å². The van der Waals surface area contributed by atoms with Gasteiger partial charge < -0.3 is 15.4 Å². The van der Waals surface area contributed by atoms with Crippen LogP contribution in [-0.4, -0.2) is 67.2 Å². The minimum atomic E-state index is 0.115. The van der Waals surface area contributed by atoms with E-state index >= 15 is 0 Å². The predicted molar refractivity (Wildman–Crippen MR) is 74.9 cm³/mol. The molecule has 2 atom stereocenters. The molecule has 0 aromatic rings. The molecule has 0 aliphatic carbocycles. The number of amides is 1. The zero-order valence-electron chi connectivity index (χ0n) is 12.0. The van der Waals surface area contributed by atoms with E-state index in [1.54, 1.807) is 0 Å². The van der Waals surface area contributed by atoms with Crippen molar-refractivity contribution >= 4 is 5.91 Å². The zero-order valence-corrected chi connectivity index (χ0v) is 12.0. The monoisotopic (exact) mass is 269 g/mol. The predicted octanol–water partition coefficient (Wildman–Crippen LogP) is 0.437. The second kappa shape index (κ2) is 7.22. The largest absolute Gasteiger partial charge is 0.379 e. The number of hydrogen-bond acceptors (Lipinski definition) is 4. The summed E-state index contributed by atoms with van der Waals surface area (Å²) in [6, 6.07) is 0.517. The first-order chi connectivity index (χ1) is 9.16. The van der Waals surface area contributed by atoms with Gasteiger partial charge in [0.15, 0.2) is 0 Å². The molecule has 0 bridgehead atoms. The summed E-state index contributed by atoms with van der Waals surface area (Å²) < 4.78 is 5.37. The summed E-state index contributed by atoms with van der Waals surface area (Å²) >= 11 is 0. The van der Waals surface area contributed by atoms with Gasteiger partial charge in [0.1, 0.15) is 0 Å². The zero-order chi connectivity index (χ0) is 13.7. The molecular weight excluding hydrogens is 242 g/mol. The summed E-state index contributed by atoms with van der Waals surface area (Å²) in [5, 5.41) is 0. The van der Waals surface area contributed by atoms with Gasteiger partial charge in [-0.05, 0) is 26.2 Å². The highest BCUT2D eigenvalue weighted by Gasteiger charge is 2.30. The fraction of sp³-hybridized carbons (Fsp3) is 0.929. The molecule has 2 heterocycles. The van der Waals surface area contributed by atoms with Crippen molar-refractivity contribution in [2.24, 2.45) is 5.73 Å². The summed E-state index contributed by atoms with van der Waals surface area (Å²) in [7, 11) is 0. The molecule has 110 valence electrons. The Morgan fingerprint density at radius 2 is 2.11 bits per heavy atom. The third-order valence-corrected chi connectivity index (χ3v) is 4.08. The number of carbonyl (C=O) groups is 1. The topological polar surface area (TPSA) is 58.8 Å². The van der Waals surface area contributed by atoms with Crippen LogP contribution in [0, 0.1) is 0 Å². The van der Waals surface area contributed by atoms with Gasteiger partial charge in [-0.25, -0.2) is 0 Å². The number of morpholine rings is 1. The maximum Gasteiger partial charge on any atom is 0.222 e. The van der Waals surface area contributed by atoms with Crippen molar-refractivity contribution in [2.45, 2.75) is 44.7 Å². The lowest BCUT2D eigenvalue weighted by Crippen LogP contribution is -2.46. The van der Waals surface area contributed by atoms with Gasteiger partial charge in [-0.3, -0.25) is 9.69 Å². The van der Waals surface area contributed by atoms with Crippen LogP contribution in [-0.2, 0) is 9.53 Å². The van der Waals surface area contributed by atoms with Crippen LogP contribution in [0.25, 0.3) is 0 Å². The maximum atomic E-state index is 12.2. The summed E-state index contributed by atoms with van der Waals surface area (Å²) in [5.41, 5.74) is 5.73. The van der Waals surface area contributed by atoms with Crippen LogP contribution in [0.15, 0.2) is 0 Å². The molecule has 2 fully saturated rings. The van der Waals surface area contributed by atoms with Gasteiger partial charge in [-0.1, -0.05) is 0 Å². The van der Waals surface area contributed by atoms with Gasteiger partial charge >= 0.3 is 0 Å². The van der Waals surface area contributed by atoms with Crippen LogP contribution in [0.3, 0.4) is 0 Å². The van der Waals surface area contributed by atoms with Crippen molar-refractivity contribution in [2.75, 3.05) is 39.4 Å². The van der Waals surface area contributed by atoms with Gasteiger partial charge in [0.05, 0.1) is 13.2 Å². The molecule has 0 spiro atoms. The quantitative estimate of drug-likeness (QED) is 0.786. The van der Waals surface area contributed by atoms with E-state index < -0.39 is 0 Å². The normalized spacial score (nSPS) is 26.6. The standard InChI is InChI=1S/C14H27N3O2/c1-12(15)4-5-14(18)17-6-2-3-13(17)11-16-7-9-19-10-8-16/h12-13H,2-11,15H2,1H3. The van der Waals surface area contributed by atoms with Crippen molar-refractivity contribution < 1.29 is 9.53 Å². The molecule has 1 amide bonds. The van der Waals surface area contributed by atoms with E-state index in [1.807, 2.05) is 6.92 Å². The Morgan fingerprint density at radius 1 is 1.37 bits per heavy atom. The third-order valence-electron chi connectivity index (χ3n) is 4.08. The van der Waals surface area contributed by atoms with Gasteiger partial charge in [0, 0.05) is 44.7 Å². The molecule has 5 nitrogen and oxygen atoms in total. The highest BCUT2D eigenvalue weighted by Crippen LogP contribution is 2.20. The fourth-order valence-corrected chi connectivity index (χ4v) is 2.93. The molecular formula is C14H27N3O2. The Kier molecular flexibility index (Phi) is 5.60. The van der Waals surface area contributed by atoms with E-state index in [9.17, 15) is 4.79 Å². The number of nitrogens with two attached hydrogens (primary N) is 1. The summed E-state index contributed by atoms with van der Waals surface area (Å²) in [4.78, 5) is 16.7. The fourth-order valence-electron chi connectivity index (χ4n) is 2.93. The smallest absolute Gasteiger partial charge is 0.222 e. The summed E-state index contributed by atoms with van der Waals surface area (Å²) in [6.45, 7) is 7.54. The lowest BCUT2D eigenvalue weighted by molar-refractivity contribution is -0.132. The lowest BCUT2D eigenvalue weighted by atomic mass is 10.1. The molecule has 0 radical (unpaired) electrons. The van der Waals surface area contributed by atoms with Crippen molar-refractivity contribution in [3.8, 4) is 0 Å². The molecule has 0 aromatic heterocycles. The lowest BCUT2D eigenvalue weighted by Gasteiger charge is -2.33. The molecule has 0 aromatic carbocycles. The first-order valence-electron chi connectivity index (χ1n) is 7.52. The molecule has 5 heteroatoms. The Labute approximate surface area is 116 Å². The number of ether oxygens (including phenoxy) is 1. The van der Waals surface area contributed by atoms with Crippen molar-refractivity contribution in [3.05, 3.63) is 0 Å². The number of carbonyl (C=O) groups excluding carboxylic acids is 1. The highest BCUT2D eigenvalue weighted by molar-refractivity contribution is 5.76. The molecule has 2 aliphatic rings. The molecule has 2 saturated heterocycles. The Bertz CT molecular complexity index is 290. The first-order valence-corrected chi connectivity index (χ1v) is 7.52. The minimum Gasteiger partial charge on any atom is -0.379 e. The van der Waals surface area contributed by atoms with E-state index in [0.29, 0.717) is 12.5 Å². The Balaban J connectivity index is 1.80. The van der Waals surface area contributed by atoms with Crippen LogP contribution in [0.4, 0.5) is 0 Å². The van der Waals surface area contributed by atoms with E-state index in [2.05, 4.69) is 9.80 Å². The van der Waals surface area contributed by atoms with Crippen molar-refractivity contribution in [3.63, 3.8) is 0 Å². The molecule has 2 N–H and O–H groups in total. The van der Waals surface area contributed by atoms with Gasteiger partial charge in [-0.2, -0.15) is 0 Å². The summed E-state index contributed by atoms with van der Waals surface area (Å²) in [6.07, 6.45) is 3.66. The van der Waals surface area contributed by atoms with Crippen molar-refractivity contribution in [1.82, 2.24) is 9.80 Å². The number of nitrogens with zero attached hydrogens (tertiary/aromatic N) is 2. The number of hydrogen-bond donors (Lipinski definition) is 1. The highest BCUT2D eigenvalue weighted by atomic mass is 16.5. The van der Waals surface area contributed by atoms with Crippen LogP contribution >= 0.6 is 0 Å². The Hall–Kier alpha value is -0.650. The van der Waals surface area contributed by atoms with Gasteiger partial charge in [-0.15, -0.1) is 0 Å². The van der Waals surface area contributed by atoms with E-state index in [4.69, 9.17) is 10.5 Å². The van der Waals surface area contributed by atoms with E-state index in [-0.39, 0.29) is 11.9 Å². The molecule has 2 aliphatic heterocycles. The first kappa shape index (κ1) is 14.8. The van der Waals surface area contributed by atoms with Crippen LogP contribution < -0.4 is 5.73 Å². The van der Waals surface area contributed by atoms with E-state index in [1.165, 1.54) is 0 Å². The maximum absolute atomic E-state index is 12.2. The molecule has 19 heavy (non-hydrogen) atoms. The molecule has 2 unspecified atom stereocenters. The number of rotatable bonds is 5. The third kappa shape index (κ3) is 4.44. The molecule has 0 saturated carbocycles. The van der Waals surface area contributed by atoms with Crippen LogP contribution in [0.2, 0.25) is 0 Å². The average Bonchev–Trinajstić information content (AvgIpc) is 2.85. The van der Waals surface area contributed by atoms with Gasteiger partial charge in [0.25, 0.3) is 0 Å². The Morgan fingerprint density at radius 3 is 2.79 bits per heavy atom. The van der Waals surface area contributed by atoms with Crippen LogP contribution in [0.1, 0.15) is 32.6 Å². The molecule has 2 rings (SSSR count). The van der Waals surface area contributed by atoms with Gasteiger partial charge in [0.2, 0.25) is 5.91 Å². The number of likely N-dealkylation sites (tertiary alicyclic amines) is 1.